The second-order valence-electron chi connectivity index (χ2n) is 5.12. The number of aryl methyl sites for hydroxylation is 2. The second-order valence-corrected chi connectivity index (χ2v) is 5.97. The molecule has 1 nitrogen and oxygen atoms in total. The van der Waals surface area contributed by atoms with Gasteiger partial charge in [-0.3, -0.25) is 4.79 Å². The number of Topliss-reactive ketones (excluding diaryl/α,β-unsaturated/α-hetero) is 1. The van der Waals surface area contributed by atoms with Gasteiger partial charge in [-0.25, -0.2) is 0 Å². The molecule has 0 aliphatic heterocycles. The Bertz CT molecular complexity index is 627. The summed E-state index contributed by atoms with van der Waals surface area (Å²) in [6, 6.07) is 11.4. The van der Waals surface area contributed by atoms with Crippen molar-refractivity contribution < 1.29 is 4.79 Å². The number of benzene rings is 2. The minimum atomic E-state index is 0.138. The number of carbonyl (C=O) groups is 1. The monoisotopic (exact) mass is 306 g/mol. The lowest BCUT2D eigenvalue weighted by Gasteiger charge is -2.06. The molecule has 0 amide bonds. The van der Waals surface area contributed by atoms with Crippen LogP contribution in [0.1, 0.15) is 22.3 Å². The molecule has 20 heavy (non-hydrogen) atoms. The Kier molecular flexibility index (Phi) is 4.85. The molecule has 0 atom stereocenters. The van der Waals surface area contributed by atoms with Gasteiger partial charge in [-0.1, -0.05) is 52.5 Å². The van der Waals surface area contributed by atoms with Gasteiger partial charge in [0.25, 0.3) is 0 Å². The maximum atomic E-state index is 12.2. The highest BCUT2D eigenvalue weighted by atomic mass is 35.5. The first-order valence-electron chi connectivity index (χ1n) is 6.47. The smallest absolute Gasteiger partial charge is 0.141 e. The number of rotatable bonds is 4. The minimum absolute atomic E-state index is 0.138. The molecule has 0 radical (unpaired) electrons. The Balaban J connectivity index is 2.11. The van der Waals surface area contributed by atoms with E-state index in [1.165, 1.54) is 11.1 Å². The molecule has 0 aliphatic rings. The average molecular weight is 307 g/mol. The van der Waals surface area contributed by atoms with Crippen molar-refractivity contribution in [1.82, 2.24) is 0 Å². The maximum Gasteiger partial charge on any atom is 0.141 e. The van der Waals surface area contributed by atoms with Crippen molar-refractivity contribution in [3.8, 4) is 0 Å². The van der Waals surface area contributed by atoms with Crippen molar-refractivity contribution in [2.75, 3.05) is 0 Å². The Labute approximate surface area is 129 Å². The Morgan fingerprint density at radius 2 is 1.60 bits per heavy atom. The predicted octanol–water partition coefficient (Wildman–Crippen LogP) is 4.96. The summed E-state index contributed by atoms with van der Waals surface area (Å²) < 4.78 is 0. The van der Waals surface area contributed by atoms with Crippen LogP contribution < -0.4 is 0 Å². The van der Waals surface area contributed by atoms with Crippen LogP contribution >= 0.6 is 23.2 Å². The van der Waals surface area contributed by atoms with E-state index < -0.39 is 0 Å². The van der Waals surface area contributed by atoms with E-state index in [1.54, 1.807) is 18.2 Å². The number of ketones is 1. The molecule has 0 spiro atoms. The molecule has 2 aromatic carbocycles. The van der Waals surface area contributed by atoms with E-state index in [4.69, 9.17) is 23.2 Å². The largest absolute Gasteiger partial charge is 0.299 e. The molecule has 0 saturated carbocycles. The predicted molar refractivity (Wildman–Crippen MR) is 84.8 cm³/mol. The van der Waals surface area contributed by atoms with Gasteiger partial charge in [0, 0.05) is 22.9 Å². The van der Waals surface area contributed by atoms with E-state index in [-0.39, 0.29) is 5.78 Å². The highest BCUT2D eigenvalue weighted by Crippen LogP contribution is 2.22. The molecule has 104 valence electrons. The molecule has 0 fully saturated rings. The molecule has 0 unspecified atom stereocenters. The van der Waals surface area contributed by atoms with Gasteiger partial charge < -0.3 is 0 Å². The molecule has 0 bridgehead atoms. The molecule has 3 heteroatoms. The van der Waals surface area contributed by atoms with Crippen LogP contribution in [0.4, 0.5) is 0 Å². The molecular formula is C17H16Cl2O. The van der Waals surface area contributed by atoms with Crippen molar-refractivity contribution in [1.29, 1.82) is 0 Å². The summed E-state index contributed by atoms with van der Waals surface area (Å²) in [6.07, 6.45) is 0.734. The molecule has 0 aliphatic carbocycles. The van der Waals surface area contributed by atoms with Crippen molar-refractivity contribution in [3.63, 3.8) is 0 Å². The van der Waals surface area contributed by atoms with Crippen LogP contribution in [-0.4, -0.2) is 5.78 Å². The van der Waals surface area contributed by atoms with Crippen LogP contribution in [0, 0.1) is 13.8 Å². The molecule has 2 rings (SSSR count). The van der Waals surface area contributed by atoms with Crippen molar-refractivity contribution >= 4 is 29.0 Å². The summed E-state index contributed by atoms with van der Waals surface area (Å²) in [5.41, 5.74) is 4.18. The van der Waals surface area contributed by atoms with E-state index >= 15 is 0 Å². The minimum Gasteiger partial charge on any atom is -0.299 e. The van der Waals surface area contributed by atoms with Gasteiger partial charge in [0.2, 0.25) is 0 Å². The third-order valence-electron chi connectivity index (χ3n) is 3.08. The number of hydrogen-bond donors (Lipinski definition) is 0. The van der Waals surface area contributed by atoms with E-state index in [0.717, 1.165) is 11.1 Å². The number of halogens is 2. The fraction of sp³-hybridized carbons (Fsp3) is 0.235. The lowest BCUT2D eigenvalue weighted by molar-refractivity contribution is -0.117. The third-order valence-corrected chi connectivity index (χ3v) is 3.68. The van der Waals surface area contributed by atoms with E-state index in [2.05, 4.69) is 6.07 Å². The van der Waals surface area contributed by atoms with Crippen LogP contribution in [0.3, 0.4) is 0 Å². The van der Waals surface area contributed by atoms with Crippen molar-refractivity contribution in [2.24, 2.45) is 0 Å². The van der Waals surface area contributed by atoms with Gasteiger partial charge in [-0.05, 0) is 43.2 Å². The quantitative estimate of drug-likeness (QED) is 0.780. The summed E-state index contributed by atoms with van der Waals surface area (Å²) in [7, 11) is 0. The Hall–Kier alpha value is -1.31. The third kappa shape index (κ3) is 4.09. The maximum absolute atomic E-state index is 12.2. The van der Waals surface area contributed by atoms with Gasteiger partial charge in [0.1, 0.15) is 5.78 Å². The average Bonchev–Trinajstić information content (AvgIpc) is 2.32. The molecule has 0 heterocycles. The van der Waals surface area contributed by atoms with Crippen LogP contribution in [0.5, 0.6) is 0 Å². The van der Waals surface area contributed by atoms with Crippen LogP contribution in [0.15, 0.2) is 36.4 Å². The lowest BCUT2D eigenvalue weighted by atomic mass is 10.00. The second kappa shape index (κ2) is 6.43. The van der Waals surface area contributed by atoms with Gasteiger partial charge in [-0.15, -0.1) is 0 Å². The Morgan fingerprint density at radius 3 is 2.25 bits per heavy atom. The summed E-state index contributed by atoms with van der Waals surface area (Å²) in [6.45, 7) is 4.07. The lowest BCUT2D eigenvalue weighted by Crippen LogP contribution is -2.07. The summed E-state index contributed by atoms with van der Waals surface area (Å²) in [5, 5.41) is 1.19. The zero-order valence-electron chi connectivity index (χ0n) is 11.5. The molecular weight excluding hydrogens is 291 g/mol. The highest BCUT2D eigenvalue weighted by molar-refractivity contribution is 6.33. The summed E-state index contributed by atoms with van der Waals surface area (Å²) >= 11 is 12.0. The van der Waals surface area contributed by atoms with Crippen LogP contribution in [0.2, 0.25) is 10.0 Å². The fourth-order valence-electron chi connectivity index (χ4n) is 2.35. The van der Waals surface area contributed by atoms with Crippen molar-refractivity contribution in [2.45, 2.75) is 26.7 Å². The zero-order chi connectivity index (χ0) is 14.7. The fourth-order valence-corrected chi connectivity index (χ4v) is 2.73. The van der Waals surface area contributed by atoms with E-state index in [9.17, 15) is 4.79 Å². The molecule has 0 saturated heterocycles. The first kappa shape index (κ1) is 15.1. The van der Waals surface area contributed by atoms with Gasteiger partial charge >= 0.3 is 0 Å². The normalized spacial score (nSPS) is 10.6. The number of hydrogen-bond acceptors (Lipinski definition) is 1. The van der Waals surface area contributed by atoms with E-state index in [1.807, 2.05) is 26.0 Å². The number of carbonyl (C=O) groups excluding carboxylic acids is 1. The zero-order valence-corrected chi connectivity index (χ0v) is 13.1. The van der Waals surface area contributed by atoms with Gasteiger partial charge in [-0.2, -0.15) is 0 Å². The summed E-state index contributed by atoms with van der Waals surface area (Å²) in [4.78, 5) is 12.2. The topological polar surface area (TPSA) is 17.1 Å². The first-order chi connectivity index (χ1) is 9.44. The van der Waals surface area contributed by atoms with Crippen molar-refractivity contribution in [3.05, 3.63) is 68.7 Å². The Morgan fingerprint density at radius 1 is 0.950 bits per heavy atom. The van der Waals surface area contributed by atoms with E-state index in [0.29, 0.717) is 22.9 Å². The first-order valence-corrected chi connectivity index (χ1v) is 7.22. The molecule has 0 N–H and O–H groups in total. The van der Waals surface area contributed by atoms with Gasteiger partial charge in [0.05, 0.1) is 0 Å². The molecule has 0 aromatic heterocycles. The van der Waals surface area contributed by atoms with Crippen LogP contribution in [-0.2, 0) is 17.6 Å². The highest BCUT2D eigenvalue weighted by Gasteiger charge is 2.09. The SMILES string of the molecule is Cc1cc(C)cc(CC(=O)Cc2cc(Cl)ccc2Cl)c1. The summed E-state index contributed by atoms with van der Waals surface area (Å²) in [5.74, 6) is 0.138. The molecule has 2 aromatic rings. The van der Waals surface area contributed by atoms with Gasteiger partial charge in [0.15, 0.2) is 0 Å². The van der Waals surface area contributed by atoms with Crippen LogP contribution in [0.25, 0.3) is 0 Å². The standard InChI is InChI=1S/C17H16Cl2O/c1-11-5-12(2)7-13(6-11)8-16(20)10-14-9-15(18)3-4-17(14)19/h3-7,9H,8,10H2,1-2H3.